The number of rotatable bonds is 15. The molecule has 0 bridgehead atoms. The zero-order valence-corrected chi connectivity index (χ0v) is 13.8. The lowest BCUT2D eigenvalue weighted by atomic mass is 10.1. The van der Waals surface area contributed by atoms with Gasteiger partial charge in [0.15, 0.2) is 0 Å². The van der Waals surface area contributed by atoms with Gasteiger partial charge >= 0.3 is 0 Å². The van der Waals surface area contributed by atoms with E-state index in [1.807, 2.05) is 0 Å². The van der Waals surface area contributed by atoms with Crippen molar-refractivity contribution in [2.75, 3.05) is 18.2 Å². The summed E-state index contributed by atoms with van der Waals surface area (Å²) in [6.45, 7) is 2.04. The minimum atomic E-state index is -2.59. The summed E-state index contributed by atoms with van der Waals surface area (Å²) >= 11 is 1.73. The topological polar surface area (TPSA) is 72.7 Å². The van der Waals surface area contributed by atoms with Crippen LogP contribution in [0.5, 0.6) is 0 Å². The summed E-state index contributed by atoms with van der Waals surface area (Å²) in [6, 6.07) is 0. The van der Waals surface area contributed by atoms with Crippen LogP contribution in [0.4, 0.5) is 0 Å². The van der Waals surface area contributed by atoms with Crippen LogP contribution in [0.3, 0.4) is 0 Å². The fourth-order valence-corrected chi connectivity index (χ4v) is 2.85. The highest BCUT2D eigenvalue weighted by atomic mass is 32.2. The van der Waals surface area contributed by atoms with Crippen LogP contribution >= 0.6 is 11.8 Å². The predicted octanol–water partition coefficient (Wildman–Crippen LogP) is 2.82. The summed E-state index contributed by atoms with van der Waals surface area (Å²) in [7, 11) is 0. The van der Waals surface area contributed by atoms with Crippen LogP contribution in [0.2, 0.25) is 0 Å². The summed E-state index contributed by atoms with van der Waals surface area (Å²) in [5.74, 6) is -0.864. The summed E-state index contributed by atoms with van der Waals surface area (Å²) < 4.78 is 0. The van der Waals surface area contributed by atoms with Crippen LogP contribution in [-0.2, 0) is 0 Å². The zero-order chi connectivity index (χ0) is 15.1. The summed E-state index contributed by atoms with van der Waals surface area (Å²) in [6.07, 6.45) is 13.5. The van der Waals surface area contributed by atoms with E-state index < -0.39 is 5.97 Å². The minimum absolute atomic E-state index is 0.210. The molecular formula is C15H33NO3S. The van der Waals surface area contributed by atoms with Crippen molar-refractivity contribution in [3.63, 3.8) is 0 Å². The Bertz CT molecular complexity index is 198. The molecule has 0 aliphatic carbocycles. The first-order valence-electron chi connectivity index (χ1n) is 8.02. The summed E-state index contributed by atoms with van der Waals surface area (Å²) in [5.41, 5.74) is 0. The van der Waals surface area contributed by atoms with E-state index in [1.54, 1.807) is 11.8 Å². The lowest BCUT2D eigenvalue weighted by molar-refractivity contribution is -0.305. The molecule has 0 radical (unpaired) electrons. The molecule has 0 aromatic heterocycles. The maximum atomic E-state index is 8.65. The molecule has 0 fully saturated rings. The van der Waals surface area contributed by atoms with Crippen molar-refractivity contribution in [3.8, 4) is 0 Å². The van der Waals surface area contributed by atoms with E-state index in [1.165, 1.54) is 64.2 Å². The lowest BCUT2D eigenvalue weighted by Gasteiger charge is -2.14. The Balaban J connectivity index is 2.99. The van der Waals surface area contributed by atoms with Crippen molar-refractivity contribution in [3.05, 3.63) is 0 Å². The normalized spacial score (nSPS) is 12.0. The van der Waals surface area contributed by atoms with E-state index in [-0.39, 0.29) is 6.54 Å². The van der Waals surface area contributed by atoms with Crippen molar-refractivity contribution in [2.24, 2.45) is 0 Å². The molecule has 5 heteroatoms. The number of aliphatic hydroxyl groups is 3. The molecule has 0 unspecified atom stereocenters. The summed E-state index contributed by atoms with van der Waals surface area (Å²) in [4.78, 5) is 0. The van der Waals surface area contributed by atoms with Gasteiger partial charge in [-0.05, 0) is 12.2 Å². The second-order valence-corrected chi connectivity index (χ2v) is 6.54. The minimum Gasteiger partial charge on any atom is -0.343 e. The second kappa shape index (κ2) is 14.1. The predicted molar refractivity (Wildman–Crippen MR) is 86.6 cm³/mol. The molecule has 122 valence electrons. The average Bonchev–Trinajstić information content (AvgIpc) is 2.38. The molecule has 0 saturated heterocycles. The van der Waals surface area contributed by atoms with Crippen LogP contribution in [-0.4, -0.2) is 39.5 Å². The first kappa shape index (κ1) is 20.2. The van der Waals surface area contributed by atoms with Crippen LogP contribution in [0.15, 0.2) is 0 Å². The molecular weight excluding hydrogens is 274 g/mol. The van der Waals surface area contributed by atoms with E-state index in [2.05, 4.69) is 12.2 Å². The highest BCUT2D eigenvalue weighted by Crippen LogP contribution is 2.12. The van der Waals surface area contributed by atoms with E-state index >= 15 is 0 Å². The number of hydrogen-bond donors (Lipinski definition) is 4. The fraction of sp³-hybridized carbons (Fsp3) is 1.00. The van der Waals surface area contributed by atoms with Gasteiger partial charge in [-0.3, -0.25) is 0 Å². The van der Waals surface area contributed by atoms with Crippen molar-refractivity contribution >= 4 is 11.8 Å². The number of unbranched alkanes of at least 4 members (excludes halogenated alkanes) is 9. The van der Waals surface area contributed by atoms with E-state index in [0.717, 1.165) is 5.75 Å². The van der Waals surface area contributed by atoms with Crippen LogP contribution < -0.4 is 5.32 Å². The Morgan fingerprint density at radius 3 is 1.80 bits per heavy atom. The van der Waals surface area contributed by atoms with Gasteiger partial charge in [0.25, 0.3) is 5.97 Å². The van der Waals surface area contributed by atoms with Gasteiger partial charge in [-0.2, -0.15) is 0 Å². The maximum absolute atomic E-state index is 8.65. The van der Waals surface area contributed by atoms with Gasteiger partial charge in [0.05, 0.1) is 6.54 Å². The first-order valence-corrected chi connectivity index (χ1v) is 9.17. The highest BCUT2D eigenvalue weighted by molar-refractivity contribution is 7.99. The number of nitrogens with one attached hydrogen (secondary N) is 1. The standard InChI is InChI=1S/C15H33NO3S/c1-2-3-4-5-6-7-8-9-10-11-12-20-14-16-13-15(17,18)19/h16-19H,2-14H2,1H3. The van der Waals surface area contributed by atoms with Crippen LogP contribution in [0.25, 0.3) is 0 Å². The van der Waals surface area contributed by atoms with Crippen molar-refractivity contribution in [2.45, 2.75) is 77.1 Å². The monoisotopic (exact) mass is 307 g/mol. The van der Waals surface area contributed by atoms with Crippen LogP contribution in [0.1, 0.15) is 71.1 Å². The van der Waals surface area contributed by atoms with E-state index in [0.29, 0.717) is 5.88 Å². The van der Waals surface area contributed by atoms with Crippen LogP contribution in [0, 0.1) is 0 Å². The molecule has 0 aromatic carbocycles. The van der Waals surface area contributed by atoms with Gasteiger partial charge in [0, 0.05) is 5.88 Å². The van der Waals surface area contributed by atoms with Gasteiger partial charge < -0.3 is 20.6 Å². The lowest BCUT2D eigenvalue weighted by Crippen LogP contribution is -2.39. The number of thioether (sulfide) groups is 1. The van der Waals surface area contributed by atoms with Gasteiger partial charge in [0.1, 0.15) is 0 Å². The third kappa shape index (κ3) is 18.2. The molecule has 0 rings (SSSR count). The van der Waals surface area contributed by atoms with Crippen molar-refractivity contribution in [1.29, 1.82) is 0 Å². The Hall–Kier alpha value is 0.190. The molecule has 0 aliphatic rings. The molecule has 0 heterocycles. The molecule has 20 heavy (non-hydrogen) atoms. The third-order valence-corrected chi connectivity index (χ3v) is 4.19. The number of hydrogen-bond acceptors (Lipinski definition) is 5. The molecule has 0 atom stereocenters. The Kier molecular flexibility index (Phi) is 14.3. The average molecular weight is 308 g/mol. The third-order valence-electron chi connectivity index (χ3n) is 3.21. The molecule has 0 amide bonds. The largest absolute Gasteiger partial charge is 0.343 e. The fourth-order valence-electron chi connectivity index (χ4n) is 2.05. The van der Waals surface area contributed by atoms with Gasteiger partial charge in [-0.25, -0.2) is 0 Å². The maximum Gasteiger partial charge on any atom is 0.288 e. The zero-order valence-electron chi connectivity index (χ0n) is 12.9. The Morgan fingerprint density at radius 2 is 1.30 bits per heavy atom. The van der Waals surface area contributed by atoms with Crippen molar-refractivity contribution in [1.82, 2.24) is 5.32 Å². The second-order valence-electron chi connectivity index (χ2n) is 5.44. The first-order chi connectivity index (χ1) is 9.56. The van der Waals surface area contributed by atoms with Gasteiger partial charge in [-0.15, -0.1) is 11.8 Å². The Morgan fingerprint density at radius 1 is 0.800 bits per heavy atom. The molecule has 4 nitrogen and oxygen atoms in total. The SMILES string of the molecule is CCCCCCCCCCCCSCNCC(O)(O)O. The molecule has 0 spiro atoms. The van der Waals surface area contributed by atoms with Gasteiger partial charge in [-0.1, -0.05) is 64.7 Å². The van der Waals surface area contributed by atoms with E-state index in [9.17, 15) is 0 Å². The highest BCUT2D eigenvalue weighted by Gasteiger charge is 2.16. The quantitative estimate of drug-likeness (QED) is 0.277. The molecule has 0 aromatic rings. The van der Waals surface area contributed by atoms with Crippen molar-refractivity contribution < 1.29 is 15.3 Å². The molecule has 0 aliphatic heterocycles. The molecule has 4 N–H and O–H groups in total. The Labute approximate surface area is 128 Å². The smallest absolute Gasteiger partial charge is 0.288 e. The van der Waals surface area contributed by atoms with E-state index in [4.69, 9.17) is 15.3 Å². The summed E-state index contributed by atoms with van der Waals surface area (Å²) in [5, 5.41) is 28.7. The molecule has 0 saturated carbocycles. The van der Waals surface area contributed by atoms with Gasteiger partial charge in [0.2, 0.25) is 0 Å².